The molecule has 0 aromatic rings. The standard InChI is InChI=1S/C28H50/c1-20(14-13-17-27(7,8)9)25(6)28(10,11)23(4)15-12-16-26-18-21(2)24(5)22(3)19-26/h12,15-16,20-23,25H,5,13-14,17-19H2,1-4,6-11H3/b15-12+/t20?,21-,22-,23?,25?/m1/s1. The van der Waals surface area contributed by atoms with Crippen molar-refractivity contribution in [3.05, 3.63) is 36.0 Å². The summed E-state index contributed by atoms with van der Waals surface area (Å²) in [5.41, 5.74) is 3.81. The van der Waals surface area contributed by atoms with Gasteiger partial charge in [-0.05, 0) is 59.7 Å². The molecule has 1 fully saturated rings. The van der Waals surface area contributed by atoms with Crippen LogP contribution in [0.2, 0.25) is 0 Å². The Balaban J connectivity index is 2.65. The Bertz CT molecular complexity index is 535. The Kier molecular flexibility index (Phi) is 9.30. The van der Waals surface area contributed by atoms with Gasteiger partial charge in [-0.15, -0.1) is 0 Å². The fraction of sp³-hybridized carbons (Fsp3) is 0.786. The number of hydrogen-bond donors (Lipinski definition) is 0. The minimum atomic E-state index is 0.317. The highest BCUT2D eigenvalue weighted by atomic mass is 14.4. The molecule has 0 heteroatoms. The number of rotatable bonds is 8. The highest BCUT2D eigenvalue weighted by Crippen LogP contribution is 2.42. The van der Waals surface area contributed by atoms with Crippen LogP contribution < -0.4 is 0 Å². The summed E-state index contributed by atoms with van der Waals surface area (Å²) in [7, 11) is 0. The van der Waals surface area contributed by atoms with Gasteiger partial charge in [0, 0.05) is 0 Å². The third-order valence-corrected chi connectivity index (χ3v) is 7.92. The summed E-state index contributed by atoms with van der Waals surface area (Å²) < 4.78 is 0. The van der Waals surface area contributed by atoms with Crippen molar-refractivity contribution in [3.63, 3.8) is 0 Å². The quantitative estimate of drug-likeness (QED) is 0.364. The van der Waals surface area contributed by atoms with Crippen molar-refractivity contribution in [2.45, 2.75) is 101 Å². The lowest BCUT2D eigenvalue weighted by Crippen LogP contribution is -2.32. The van der Waals surface area contributed by atoms with Crippen LogP contribution in [0.3, 0.4) is 0 Å². The van der Waals surface area contributed by atoms with Gasteiger partial charge in [0.25, 0.3) is 0 Å². The van der Waals surface area contributed by atoms with Crippen molar-refractivity contribution in [2.75, 3.05) is 0 Å². The molecular formula is C28H50. The Morgan fingerprint density at radius 3 is 2.04 bits per heavy atom. The van der Waals surface area contributed by atoms with Crippen LogP contribution in [0.5, 0.6) is 0 Å². The first kappa shape index (κ1) is 25.3. The fourth-order valence-electron chi connectivity index (χ4n) is 4.71. The van der Waals surface area contributed by atoms with Crippen molar-refractivity contribution in [2.24, 2.45) is 40.4 Å². The van der Waals surface area contributed by atoms with E-state index < -0.39 is 0 Å². The molecule has 5 atom stereocenters. The van der Waals surface area contributed by atoms with Crippen LogP contribution in [0, 0.1) is 40.4 Å². The van der Waals surface area contributed by atoms with Gasteiger partial charge < -0.3 is 0 Å². The molecule has 0 N–H and O–H groups in total. The van der Waals surface area contributed by atoms with Crippen molar-refractivity contribution in [3.8, 4) is 0 Å². The van der Waals surface area contributed by atoms with Gasteiger partial charge >= 0.3 is 0 Å². The average molecular weight is 387 g/mol. The van der Waals surface area contributed by atoms with Gasteiger partial charge in [-0.1, -0.05) is 118 Å². The summed E-state index contributed by atoms with van der Waals surface area (Å²) in [5, 5.41) is 0. The van der Waals surface area contributed by atoms with Gasteiger partial charge in [-0.3, -0.25) is 0 Å². The normalized spacial score (nSPS) is 25.1. The van der Waals surface area contributed by atoms with E-state index in [9.17, 15) is 0 Å². The fourth-order valence-corrected chi connectivity index (χ4v) is 4.71. The van der Waals surface area contributed by atoms with Gasteiger partial charge in [0.1, 0.15) is 0 Å². The van der Waals surface area contributed by atoms with E-state index >= 15 is 0 Å². The monoisotopic (exact) mass is 386 g/mol. The predicted octanol–water partition coefficient (Wildman–Crippen LogP) is 9.24. The first-order chi connectivity index (χ1) is 12.8. The van der Waals surface area contributed by atoms with Crippen LogP contribution in [0.25, 0.3) is 0 Å². The minimum absolute atomic E-state index is 0.317. The van der Waals surface area contributed by atoms with Crippen LogP contribution in [-0.4, -0.2) is 0 Å². The molecule has 0 aliphatic heterocycles. The van der Waals surface area contributed by atoms with E-state index in [0.29, 0.717) is 28.6 Å². The molecule has 28 heavy (non-hydrogen) atoms. The van der Waals surface area contributed by atoms with Crippen LogP contribution in [0.1, 0.15) is 101 Å². The Hall–Kier alpha value is -0.780. The largest absolute Gasteiger partial charge is 0.0993 e. The van der Waals surface area contributed by atoms with E-state index in [0.717, 1.165) is 11.8 Å². The Labute approximate surface area is 178 Å². The second-order valence-electron chi connectivity index (χ2n) is 11.8. The maximum absolute atomic E-state index is 4.28. The summed E-state index contributed by atoms with van der Waals surface area (Å²) in [5.74, 6) is 3.34. The second kappa shape index (κ2) is 10.3. The third kappa shape index (κ3) is 7.57. The molecule has 1 aliphatic rings. The maximum atomic E-state index is 4.28. The maximum Gasteiger partial charge on any atom is -0.0194 e. The number of hydrogen-bond acceptors (Lipinski definition) is 0. The molecule has 3 unspecified atom stereocenters. The topological polar surface area (TPSA) is 0 Å². The molecular weight excluding hydrogens is 336 g/mol. The molecule has 0 radical (unpaired) electrons. The number of allylic oxidation sites excluding steroid dienone is 5. The van der Waals surface area contributed by atoms with Crippen molar-refractivity contribution in [1.82, 2.24) is 0 Å². The summed E-state index contributed by atoms with van der Waals surface area (Å²) >= 11 is 0. The molecule has 0 saturated heterocycles. The molecule has 0 bridgehead atoms. The van der Waals surface area contributed by atoms with Crippen LogP contribution in [-0.2, 0) is 0 Å². The van der Waals surface area contributed by atoms with Gasteiger partial charge in [0.05, 0.1) is 0 Å². The molecule has 0 aromatic heterocycles. The van der Waals surface area contributed by atoms with Crippen LogP contribution >= 0.6 is 0 Å². The van der Waals surface area contributed by atoms with E-state index in [1.54, 1.807) is 5.57 Å². The van der Waals surface area contributed by atoms with E-state index in [1.165, 1.54) is 37.7 Å². The summed E-state index contributed by atoms with van der Waals surface area (Å²) in [6.45, 7) is 28.3. The first-order valence-corrected chi connectivity index (χ1v) is 11.8. The first-order valence-electron chi connectivity index (χ1n) is 11.8. The van der Waals surface area contributed by atoms with Gasteiger partial charge in [-0.2, -0.15) is 0 Å². The SMILES string of the molecule is C=C1[C@H](C)CC(=C/C=C/C(C)C(C)(C)C(C)C(C)CCCC(C)(C)C)C[C@H]1C. The Morgan fingerprint density at radius 2 is 1.54 bits per heavy atom. The zero-order valence-corrected chi connectivity index (χ0v) is 20.9. The molecule has 0 aromatic carbocycles. The molecule has 1 rings (SSSR count). The smallest absolute Gasteiger partial charge is 0.0194 e. The lowest BCUT2D eigenvalue weighted by molar-refractivity contribution is 0.112. The van der Waals surface area contributed by atoms with E-state index in [2.05, 4.69) is 94.0 Å². The van der Waals surface area contributed by atoms with Crippen molar-refractivity contribution < 1.29 is 0 Å². The van der Waals surface area contributed by atoms with Crippen molar-refractivity contribution in [1.29, 1.82) is 0 Å². The molecule has 1 saturated carbocycles. The molecule has 1 aliphatic carbocycles. The zero-order chi connectivity index (χ0) is 21.7. The third-order valence-electron chi connectivity index (χ3n) is 7.92. The highest BCUT2D eigenvalue weighted by molar-refractivity contribution is 5.23. The van der Waals surface area contributed by atoms with E-state index in [1.807, 2.05) is 0 Å². The lowest BCUT2D eigenvalue weighted by Gasteiger charge is -2.40. The highest BCUT2D eigenvalue weighted by Gasteiger charge is 2.33. The van der Waals surface area contributed by atoms with Gasteiger partial charge in [0.2, 0.25) is 0 Å². The minimum Gasteiger partial charge on any atom is -0.0993 e. The molecule has 0 heterocycles. The molecule has 0 spiro atoms. The molecule has 0 nitrogen and oxygen atoms in total. The second-order valence-corrected chi connectivity index (χ2v) is 11.8. The molecule has 162 valence electrons. The molecule has 0 amide bonds. The van der Waals surface area contributed by atoms with Crippen molar-refractivity contribution >= 4 is 0 Å². The van der Waals surface area contributed by atoms with Crippen LogP contribution in [0.4, 0.5) is 0 Å². The average Bonchev–Trinajstić information content (AvgIpc) is 2.57. The van der Waals surface area contributed by atoms with Gasteiger partial charge in [-0.25, -0.2) is 0 Å². The van der Waals surface area contributed by atoms with Crippen LogP contribution in [0.15, 0.2) is 36.0 Å². The van der Waals surface area contributed by atoms with Gasteiger partial charge in [0.15, 0.2) is 0 Å². The van der Waals surface area contributed by atoms with E-state index in [4.69, 9.17) is 0 Å². The summed E-state index contributed by atoms with van der Waals surface area (Å²) in [6.07, 6.45) is 13.6. The zero-order valence-electron chi connectivity index (χ0n) is 20.9. The van der Waals surface area contributed by atoms with E-state index in [-0.39, 0.29) is 0 Å². The predicted molar refractivity (Wildman–Crippen MR) is 129 cm³/mol. The Morgan fingerprint density at radius 1 is 1.00 bits per heavy atom. The lowest BCUT2D eigenvalue weighted by atomic mass is 9.65. The summed E-state index contributed by atoms with van der Waals surface area (Å²) in [4.78, 5) is 0. The summed E-state index contributed by atoms with van der Waals surface area (Å²) in [6, 6.07) is 0.